The molecular weight excluding hydrogens is 417 g/mol. The molecule has 1 aromatic carbocycles. The van der Waals surface area contributed by atoms with Crippen LogP contribution in [0.4, 0.5) is 18.9 Å². The summed E-state index contributed by atoms with van der Waals surface area (Å²) in [5.41, 5.74) is -3.40. The van der Waals surface area contributed by atoms with E-state index >= 15 is 0 Å². The predicted molar refractivity (Wildman–Crippen MR) is 100 cm³/mol. The van der Waals surface area contributed by atoms with Crippen molar-refractivity contribution in [2.75, 3.05) is 11.5 Å². The number of hydrogen-bond donors (Lipinski definition) is 0. The predicted octanol–water partition coefficient (Wildman–Crippen LogP) is 3.20. The maximum atomic E-state index is 13.4. The Hall–Kier alpha value is -2.93. The molecule has 2 saturated heterocycles. The SMILES string of the molecule is CCC[C@@H](OC(C)=O)C1(C)OCC2C(=O)N(c3ccc(C#N)c(C(F)(F)F)c3)C(=O)[C@@H]21. The van der Waals surface area contributed by atoms with E-state index in [4.69, 9.17) is 14.7 Å². The normalized spacial score (nSPS) is 26.5. The lowest BCUT2D eigenvalue weighted by atomic mass is 9.79. The second-order valence-corrected chi connectivity index (χ2v) is 7.82. The second-order valence-electron chi connectivity index (χ2n) is 7.82. The van der Waals surface area contributed by atoms with Crippen molar-refractivity contribution in [2.24, 2.45) is 11.8 Å². The maximum absolute atomic E-state index is 13.4. The largest absolute Gasteiger partial charge is 0.459 e. The van der Waals surface area contributed by atoms with Gasteiger partial charge in [0.2, 0.25) is 11.8 Å². The van der Waals surface area contributed by atoms with Gasteiger partial charge in [0.05, 0.1) is 41.3 Å². The molecule has 7 nitrogen and oxygen atoms in total. The fourth-order valence-corrected chi connectivity index (χ4v) is 4.38. The molecule has 1 aromatic rings. The zero-order valence-corrected chi connectivity index (χ0v) is 17.2. The van der Waals surface area contributed by atoms with E-state index in [0.29, 0.717) is 23.8 Å². The number of nitriles is 1. The molecule has 2 heterocycles. The van der Waals surface area contributed by atoms with Gasteiger partial charge in [-0.05, 0) is 31.5 Å². The summed E-state index contributed by atoms with van der Waals surface area (Å²) in [6.45, 7) is 4.54. The lowest BCUT2D eigenvalue weighted by molar-refractivity contribution is -0.170. The van der Waals surface area contributed by atoms with Gasteiger partial charge < -0.3 is 9.47 Å². The maximum Gasteiger partial charge on any atom is 0.417 e. The first-order valence-electron chi connectivity index (χ1n) is 9.76. The number of alkyl halides is 3. The van der Waals surface area contributed by atoms with Crippen LogP contribution >= 0.6 is 0 Å². The number of carbonyl (C=O) groups is 3. The van der Waals surface area contributed by atoms with Gasteiger partial charge in [-0.1, -0.05) is 13.3 Å². The molecule has 0 bridgehead atoms. The first-order valence-corrected chi connectivity index (χ1v) is 9.76. The van der Waals surface area contributed by atoms with Crippen LogP contribution in [-0.4, -0.2) is 36.1 Å². The van der Waals surface area contributed by atoms with Crippen LogP contribution in [-0.2, 0) is 30.0 Å². The number of hydrogen-bond acceptors (Lipinski definition) is 6. The highest BCUT2D eigenvalue weighted by atomic mass is 19.4. The summed E-state index contributed by atoms with van der Waals surface area (Å²) < 4.78 is 51.2. The van der Waals surface area contributed by atoms with Crippen LogP contribution in [0.25, 0.3) is 0 Å². The number of imide groups is 1. The molecule has 2 aliphatic rings. The third kappa shape index (κ3) is 3.78. The van der Waals surface area contributed by atoms with E-state index < -0.39 is 58.6 Å². The van der Waals surface area contributed by atoms with Crippen LogP contribution in [0.1, 0.15) is 44.7 Å². The average molecular weight is 438 g/mol. The number of carbonyl (C=O) groups excluding carboxylic acids is 3. The van der Waals surface area contributed by atoms with Gasteiger partial charge in [0.25, 0.3) is 0 Å². The summed E-state index contributed by atoms with van der Waals surface area (Å²) >= 11 is 0. The van der Waals surface area contributed by atoms with Crippen LogP contribution in [0, 0.1) is 23.2 Å². The number of fused-ring (bicyclic) bond motifs is 1. The number of halogens is 3. The van der Waals surface area contributed by atoms with Crippen LogP contribution < -0.4 is 4.90 Å². The average Bonchev–Trinajstić information content (AvgIpc) is 3.17. The first-order chi connectivity index (χ1) is 14.5. The van der Waals surface area contributed by atoms with Crippen LogP contribution in [0.2, 0.25) is 0 Å². The zero-order valence-electron chi connectivity index (χ0n) is 17.2. The van der Waals surface area contributed by atoms with E-state index in [2.05, 4.69) is 0 Å². The molecule has 0 radical (unpaired) electrons. The van der Waals surface area contributed by atoms with Crippen molar-refractivity contribution in [3.05, 3.63) is 29.3 Å². The third-order valence-corrected chi connectivity index (χ3v) is 5.80. The van der Waals surface area contributed by atoms with Crippen LogP contribution in [0.3, 0.4) is 0 Å². The Labute approximate surface area is 176 Å². The van der Waals surface area contributed by atoms with Crippen LogP contribution in [0.5, 0.6) is 0 Å². The summed E-state index contributed by atoms with van der Waals surface area (Å²) in [6.07, 6.45) is -4.63. The van der Waals surface area contributed by atoms with E-state index in [1.165, 1.54) is 13.0 Å². The molecule has 2 unspecified atom stereocenters. The summed E-state index contributed by atoms with van der Waals surface area (Å²) in [4.78, 5) is 38.5. The molecule has 0 aliphatic carbocycles. The molecule has 2 amide bonds. The molecule has 166 valence electrons. The molecule has 3 rings (SSSR count). The highest BCUT2D eigenvalue weighted by Crippen LogP contribution is 2.48. The Morgan fingerprint density at radius 3 is 2.61 bits per heavy atom. The van der Waals surface area contributed by atoms with E-state index in [0.717, 1.165) is 12.1 Å². The monoisotopic (exact) mass is 438 g/mol. The Balaban J connectivity index is 2.02. The first kappa shape index (κ1) is 22.7. The number of esters is 1. The van der Waals surface area contributed by atoms with E-state index in [1.54, 1.807) is 6.92 Å². The van der Waals surface area contributed by atoms with E-state index in [1.807, 2.05) is 6.92 Å². The van der Waals surface area contributed by atoms with Crippen molar-refractivity contribution < 1.29 is 37.0 Å². The molecule has 2 fully saturated rings. The molecular formula is C21H21F3N2O5. The summed E-state index contributed by atoms with van der Waals surface area (Å²) in [7, 11) is 0. The summed E-state index contributed by atoms with van der Waals surface area (Å²) in [6, 6.07) is 4.16. The van der Waals surface area contributed by atoms with Gasteiger partial charge in [-0.15, -0.1) is 0 Å². The number of amides is 2. The molecule has 4 atom stereocenters. The molecule has 0 N–H and O–H groups in total. The molecule has 0 spiro atoms. The topological polar surface area (TPSA) is 96.7 Å². The van der Waals surface area contributed by atoms with Crippen molar-refractivity contribution in [2.45, 2.75) is 51.5 Å². The fraction of sp³-hybridized carbons (Fsp3) is 0.524. The van der Waals surface area contributed by atoms with Crippen molar-refractivity contribution in [1.29, 1.82) is 5.26 Å². The Bertz CT molecular complexity index is 971. The van der Waals surface area contributed by atoms with Gasteiger partial charge in [0.15, 0.2) is 0 Å². The van der Waals surface area contributed by atoms with Crippen molar-refractivity contribution >= 4 is 23.5 Å². The minimum absolute atomic E-state index is 0.119. The lowest BCUT2D eigenvalue weighted by Gasteiger charge is -2.36. The van der Waals surface area contributed by atoms with Crippen molar-refractivity contribution in [1.82, 2.24) is 0 Å². The van der Waals surface area contributed by atoms with Gasteiger partial charge in [-0.2, -0.15) is 18.4 Å². The van der Waals surface area contributed by atoms with Gasteiger partial charge in [0.1, 0.15) is 11.7 Å². The Morgan fingerprint density at radius 2 is 2.06 bits per heavy atom. The van der Waals surface area contributed by atoms with Crippen molar-refractivity contribution in [3.63, 3.8) is 0 Å². The molecule has 10 heteroatoms. The minimum atomic E-state index is -4.83. The third-order valence-electron chi connectivity index (χ3n) is 5.80. The van der Waals surface area contributed by atoms with Crippen LogP contribution in [0.15, 0.2) is 18.2 Å². The number of ether oxygens (including phenoxy) is 2. The van der Waals surface area contributed by atoms with E-state index in [9.17, 15) is 27.6 Å². The highest BCUT2D eigenvalue weighted by Gasteiger charge is 2.64. The second kappa shape index (κ2) is 7.96. The lowest BCUT2D eigenvalue weighted by Crippen LogP contribution is -2.50. The minimum Gasteiger partial charge on any atom is -0.459 e. The van der Waals surface area contributed by atoms with Gasteiger partial charge in [0, 0.05) is 6.92 Å². The summed E-state index contributed by atoms with van der Waals surface area (Å²) in [5.74, 6) is -3.89. The highest BCUT2D eigenvalue weighted by molar-refractivity contribution is 6.22. The van der Waals surface area contributed by atoms with Crippen molar-refractivity contribution in [3.8, 4) is 6.07 Å². The summed E-state index contributed by atoms with van der Waals surface area (Å²) in [5, 5.41) is 8.97. The molecule has 0 aromatic heterocycles. The number of nitrogens with zero attached hydrogens (tertiary/aromatic N) is 2. The number of rotatable bonds is 5. The van der Waals surface area contributed by atoms with Gasteiger partial charge in [-0.25, -0.2) is 4.90 Å². The zero-order chi connectivity index (χ0) is 23.1. The molecule has 2 aliphatic heterocycles. The van der Waals surface area contributed by atoms with Gasteiger partial charge in [-0.3, -0.25) is 14.4 Å². The number of anilines is 1. The van der Waals surface area contributed by atoms with Gasteiger partial charge >= 0.3 is 12.1 Å². The molecule has 0 saturated carbocycles. The smallest absolute Gasteiger partial charge is 0.417 e. The number of benzene rings is 1. The fourth-order valence-electron chi connectivity index (χ4n) is 4.38. The molecule has 31 heavy (non-hydrogen) atoms. The Kier molecular flexibility index (Phi) is 5.84. The quantitative estimate of drug-likeness (QED) is 0.517. The van der Waals surface area contributed by atoms with E-state index in [-0.39, 0.29) is 12.3 Å². The Morgan fingerprint density at radius 1 is 1.39 bits per heavy atom. The standard InChI is InChI=1S/C21H21F3N2O5/c1-4-5-16(31-11(2)27)20(3)17-14(10-30-20)18(28)26(19(17)29)13-7-6-12(9-25)15(8-13)21(22,23)24/h6-8,14,16-17H,4-5,10H2,1-3H3/t14?,16-,17-,20?/m1/s1.